The van der Waals surface area contributed by atoms with Crippen LogP contribution < -0.4 is 10.1 Å². The van der Waals surface area contributed by atoms with Gasteiger partial charge in [-0.1, -0.05) is 26.0 Å². The van der Waals surface area contributed by atoms with E-state index in [1.165, 1.54) is 0 Å². The highest BCUT2D eigenvalue weighted by Gasteiger charge is 2.20. The third-order valence-corrected chi connectivity index (χ3v) is 5.04. The zero-order valence-electron chi connectivity index (χ0n) is 20.3. The van der Waals surface area contributed by atoms with Gasteiger partial charge in [-0.15, -0.1) is 0 Å². The van der Waals surface area contributed by atoms with Gasteiger partial charge in [0.1, 0.15) is 11.4 Å². The summed E-state index contributed by atoms with van der Waals surface area (Å²) in [6.07, 6.45) is 0.427. The van der Waals surface area contributed by atoms with Gasteiger partial charge in [-0.05, 0) is 95.1 Å². The van der Waals surface area contributed by atoms with Crippen LogP contribution in [0.4, 0.5) is 10.5 Å². The van der Waals surface area contributed by atoms with E-state index in [0.717, 1.165) is 18.5 Å². The Balaban J connectivity index is 2.01. The van der Waals surface area contributed by atoms with Crippen LogP contribution in [0.1, 0.15) is 62.9 Å². The van der Waals surface area contributed by atoms with Crippen molar-refractivity contribution in [3.63, 3.8) is 0 Å². The fourth-order valence-corrected chi connectivity index (χ4v) is 3.76. The van der Waals surface area contributed by atoms with Crippen molar-refractivity contribution in [1.82, 2.24) is 4.90 Å². The summed E-state index contributed by atoms with van der Waals surface area (Å²) in [6, 6.07) is 14.2. The Bertz CT molecular complexity index is 901. The van der Waals surface area contributed by atoms with E-state index < -0.39 is 17.7 Å². The van der Waals surface area contributed by atoms with Crippen molar-refractivity contribution in [2.45, 2.75) is 52.6 Å². The zero-order chi connectivity index (χ0) is 23.9. The van der Waals surface area contributed by atoms with Crippen molar-refractivity contribution in [3.8, 4) is 5.75 Å². The predicted octanol–water partition coefficient (Wildman–Crippen LogP) is 5.94. The fraction of sp³-hybridized carbons (Fsp3) is 0.462. The molecule has 6 heteroatoms. The average Bonchev–Trinajstić information content (AvgIpc) is 2.67. The van der Waals surface area contributed by atoms with Crippen LogP contribution in [-0.4, -0.2) is 43.2 Å². The first-order chi connectivity index (χ1) is 15.0. The molecule has 0 fully saturated rings. The molecule has 1 amide bonds. The van der Waals surface area contributed by atoms with Crippen LogP contribution in [0, 0.1) is 5.92 Å². The largest absolute Gasteiger partial charge is 0.456 e. The van der Waals surface area contributed by atoms with Gasteiger partial charge in [0.25, 0.3) is 0 Å². The summed E-state index contributed by atoms with van der Waals surface area (Å²) < 4.78 is 10.9. The molecule has 174 valence electrons. The molecule has 0 saturated carbocycles. The Hall–Kier alpha value is -2.86. The maximum absolute atomic E-state index is 12.4. The minimum atomic E-state index is -0.582. The molecule has 2 aromatic rings. The Morgan fingerprint density at radius 1 is 1.06 bits per heavy atom. The molecule has 0 aromatic heterocycles. The summed E-state index contributed by atoms with van der Waals surface area (Å²) in [4.78, 5) is 26.7. The van der Waals surface area contributed by atoms with Gasteiger partial charge in [0.15, 0.2) is 0 Å². The topological polar surface area (TPSA) is 67.9 Å². The van der Waals surface area contributed by atoms with E-state index in [2.05, 4.69) is 44.2 Å². The molecule has 0 spiro atoms. The first kappa shape index (κ1) is 25.4. The van der Waals surface area contributed by atoms with Gasteiger partial charge in [-0.2, -0.15) is 0 Å². The Morgan fingerprint density at radius 3 is 2.28 bits per heavy atom. The van der Waals surface area contributed by atoms with Crippen molar-refractivity contribution >= 4 is 17.7 Å². The molecule has 1 N–H and O–H groups in total. The molecule has 2 unspecified atom stereocenters. The van der Waals surface area contributed by atoms with E-state index in [1.54, 1.807) is 30.3 Å². The molecule has 2 atom stereocenters. The number of carbonyl (C=O) groups excluding carboxylic acids is 2. The summed E-state index contributed by atoms with van der Waals surface area (Å²) in [5.41, 5.74) is 1.55. The molecule has 0 saturated heterocycles. The smallest absolute Gasteiger partial charge is 0.417 e. The van der Waals surface area contributed by atoms with Crippen LogP contribution >= 0.6 is 0 Å². The lowest BCUT2D eigenvalue weighted by atomic mass is 9.85. The van der Waals surface area contributed by atoms with Crippen LogP contribution in [0.25, 0.3) is 0 Å². The van der Waals surface area contributed by atoms with Gasteiger partial charge >= 0.3 is 12.1 Å². The van der Waals surface area contributed by atoms with Crippen molar-refractivity contribution in [2.24, 2.45) is 5.92 Å². The van der Waals surface area contributed by atoms with Crippen LogP contribution in [0.5, 0.6) is 5.75 Å². The number of nitrogens with one attached hydrogen (secondary N) is 1. The molecule has 0 heterocycles. The van der Waals surface area contributed by atoms with Gasteiger partial charge in [-0.3, -0.25) is 5.32 Å². The lowest BCUT2D eigenvalue weighted by Gasteiger charge is -2.26. The average molecular weight is 441 g/mol. The zero-order valence-corrected chi connectivity index (χ0v) is 20.3. The van der Waals surface area contributed by atoms with Gasteiger partial charge in [-0.25, -0.2) is 9.59 Å². The van der Waals surface area contributed by atoms with E-state index in [0.29, 0.717) is 28.8 Å². The van der Waals surface area contributed by atoms with E-state index in [4.69, 9.17) is 9.47 Å². The minimum absolute atomic E-state index is 0.379. The summed E-state index contributed by atoms with van der Waals surface area (Å²) in [6.45, 7) is 10.9. The number of carbonyl (C=O) groups is 2. The molecule has 32 heavy (non-hydrogen) atoms. The summed E-state index contributed by atoms with van der Waals surface area (Å²) in [7, 11) is 4.15. The van der Waals surface area contributed by atoms with E-state index in [9.17, 15) is 9.59 Å². The van der Waals surface area contributed by atoms with Crippen molar-refractivity contribution in [1.29, 1.82) is 0 Å². The quantitative estimate of drug-likeness (QED) is 0.514. The highest BCUT2D eigenvalue weighted by atomic mass is 16.6. The molecular formula is C26H36N2O4. The number of benzene rings is 2. The molecule has 0 aliphatic rings. The maximum Gasteiger partial charge on any atom is 0.417 e. The number of hydrogen-bond donors (Lipinski definition) is 1. The summed E-state index contributed by atoms with van der Waals surface area (Å²) in [5, 5.41) is 2.70. The lowest BCUT2D eigenvalue weighted by molar-refractivity contribution is 0.00695. The highest BCUT2D eigenvalue weighted by Crippen LogP contribution is 2.30. The van der Waals surface area contributed by atoms with Crippen LogP contribution in [0.2, 0.25) is 0 Å². The second-order valence-electron chi connectivity index (χ2n) is 9.42. The van der Waals surface area contributed by atoms with Gasteiger partial charge in [0, 0.05) is 12.2 Å². The van der Waals surface area contributed by atoms with Crippen LogP contribution in [-0.2, 0) is 4.74 Å². The first-order valence-corrected chi connectivity index (χ1v) is 11.1. The highest BCUT2D eigenvalue weighted by molar-refractivity contribution is 5.91. The third-order valence-electron chi connectivity index (χ3n) is 5.04. The Morgan fingerprint density at radius 2 is 1.72 bits per heavy atom. The summed E-state index contributed by atoms with van der Waals surface area (Å²) in [5.74, 6) is 0.949. The molecule has 0 aliphatic carbocycles. The summed E-state index contributed by atoms with van der Waals surface area (Å²) >= 11 is 0. The number of hydrogen-bond acceptors (Lipinski definition) is 5. The van der Waals surface area contributed by atoms with Crippen LogP contribution in [0.3, 0.4) is 0 Å². The minimum Gasteiger partial charge on any atom is -0.456 e. The number of ether oxygens (including phenoxy) is 2. The monoisotopic (exact) mass is 440 g/mol. The predicted molar refractivity (Wildman–Crippen MR) is 128 cm³/mol. The standard InChI is InChI=1S/C26H36N2O4/c1-8-23(18(2)17-28(6)7)20-10-9-11-22(16-20)31-25(30)27-21-14-12-19(13-15-21)24(29)32-26(3,4)5/h9-16,18,23H,8,17H2,1-7H3,(H,27,30). The number of amides is 1. The van der Waals surface area contributed by atoms with Crippen LogP contribution in [0.15, 0.2) is 48.5 Å². The van der Waals surface area contributed by atoms with Crippen molar-refractivity contribution in [2.75, 3.05) is 26.0 Å². The Kier molecular flexibility index (Phi) is 8.84. The molecular weight excluding hydrogens is 404 g/mol. The van der Waals surface area contributed by atoms with Gasteiger partial charge in [0.05, 0.1) is 5.56 Å². The third kappa shape index (κ3) is 8.00. The molecule has 2 aromatic carbocycles. The number of anilines is 1. The van der Waals surface area contributed by atoms with E-state index in [1.807, 2.05) is 32.9 Å². The fourth-order valence-electron chi connectivity index (χ4n) is 3.76. The molecule has 6 nitrogen and oxygen atoms in total. The molecule has 2 rings (SSSR count). The molecule has 0 aliphatic heterocycles. The second kappa shape index (κ2) is 11.1. The second-order valence-corrected chi connectivity index (χ2v) is 9.42. The van der Waals surface area contributed by atoms with Gasteiger partial charge < -0.3 is 14.4 Å². The van der Waals surface area contributed by atoms with Crippen molar-refractivity contribution < 1.29 is 19.1 Å². The maximum atomic E-state index is 12.4. The number of esters is 1. The first-order valence-electron chi connectivity index (χ1n) is 11.1. The number of nitrogens with zero attached hydrogens (tertiary/aromatic N) is 1. The van der Waals surface area contributed by atoms with Crippen molar-refractivity contribution in [3.05, 3.63) is 59.7 Å². The Labute approximate surface area is 191 Å². The van der Waals surface area contributed by atoms with E-state index in [-0.39, 0.29) is 0 Å². The molecule has 0 radical (unpaired) electrons. The van der Waals surface area contributed by atoms with E-state index >= 15 is 0 Å². The molecule has 0 bridgehead atoms. The lowest BCUT2D eigenvalue weighted by Crippen LogP contribution is -2.24. The SMILES string of the molecule is CCC(c1cccc(OC(=O)Nc2ccc(C(=O)OC(C)(C)C)cc2)c1)C(C)CN(C)C. The number of rotatable bonds is 8. The normalized spacial score (nSPS) is 13.4. The van der Waals surface area contributed by atoms with Gasteiger partial charge in [0.2, 0.25) is 0 Å².